The average Bonchev–Trinajstić information content (AvgIpc) is 2.81. The molecule has 2 aromatic rings. The monoisotopic (exact) mass is 342 g/mol. The summed E-state index contributed by atoms with van der Waals surface area (Å²) >= 11 is 0. The number of amides is 3. The van der Waals surface area contributed by atoms with E-state index in [9.17, 15) is 19.2 Å². The van der Waals surface area contributed by atoms with Gasteiger partial charge in [0, 0.05) is 18.7 Å². The number of nitrogens with one attached hydrogen (secondary N) is 2. The van der Waals surface area contributed by atoms with E-state index in [4.69, 9.17) is 10.5 Å². The fourth-order valence-electron chi connectivity index (χ4n) is 2.67. The summed E-state index contributed by atoms with van der Waals surface area (Å²) in [5.74, 6) is -1.54. The molecule has 128 valence electrons. The van der Waals surface area contributed by atoms with Gasteiger partial charge in [0.2, 0.25) is 5.91 Å². The lowest BCUT2D eigenvalue weighted by molar-refractivity contribution is -0.114. The number of ether oxygens (including phenoxy) is 1. The van der Waals surface area contributed by atoms with Crippen molar-refractivity contribution in [2.24, 2.45) is 0 Å². The average molecular weight is 342 g/mol. The summed E-state index contributed by atoms with van der Waals surface area (Å²) in [7, 11) is 1.40. The highest BCUT2D eigenvalue weighted by Crippen LogP contribution is 2.30. The molecule has 1 aliphatic heterocycles. The topological polar surface area (TPSA) is 133 Å². The predicted molar refractivity (Wildman–Crippen MR) is 89.1 cm³/mol. The molecule has 0 unspecified atom stereocenters. The number of hydrogen-bond acceptors (Lipinski definition) is 6. The van der Waals surface area contributed by atoms with Crippen LogP contribution in [0.4, 0.5) is 11.5 Å². The van der Waals surface area contributed by atoms with Gasteiger partial charge in [-0.3, -0.25) is 29.1 Å². The van der Waals surface area contributed by atoms with Crippen molar-refractivity contribution in [3.8, 4) is 11.4 Å². The molecule has 1 aliphatic rings. The Kier molecular flexibility index (Phi) is 3.76. The molecule has 25 heavy (non-hydrogen) atoms. The lowest BCUT2D eigenvalue weighted by Gasteiger charge is -2.16. The zero-order valence-corrected chi connectivity index (χ0v) is 13.4. The first-order valence-electron chi connectivity index (χ1n) is 7.20. The van der Waals surface area contributed by atoms with Gasteiger partial charge in [-0.05, 0) is 18.2 Å². The van der Waals surface area contributed by atoms with Crippen LogP contribution in [0.5, 0.6) is 5.75 Å². The minimum atomic E-state index is -0.678. The number of benzene rings is 1. The summed E-state index contributed by atoms with van der Waals surface area (Å²) in [6.07, 6.45) is 0. The standard InChI is InChI=1S/C16H14N4O5/c1-7(21)18-8-3-4-11(25-2)10(5-8)20-12(22)6-9-13(14(20)17)16(24)19-15(9)23/h3-6H,17H2,1-2H3,(H,18,21)(H,19,23,24). The quantitative estimate of drug-likeness (QED) is 0.686. The second-order valence-electron chi connectivity index (χ2n) is 5.34. The Morgan fingerprint density at radius 1 is 1.20 bits per heavy atom. The molecule has 2 heterocycles. The molecule has 9 heteroatoms. The number of imide groups is 1. The van der Waals surface area contributed by atoms with E-state index >= 15 is 0 Å². The van der Waals surface area contributed by atoms with Gasteiger partial charge in [0.05, 0.1) is 23.9 Å². The summed E-state index contributed by atoms with van der Waals surface area (Å²) < 4.78 is 6.30. The minimum absolute atomic E-state index is 0.0688. The number of carbonyl (C=O) groups excluding carboxylic acids is 3. The third-order valence-corrected chi connectivity index (χ3v) is 3.69. The number of aromatic nitrogens is 1. The van der Waals surface area contributed by atoms with Crippen LogP contribution in [-0.4, -0.2) is 29.4 Å². The third kappa shape index (κ3) is 2.61. The Balaban J connectivity index is 2.29. The summed E-state index contributed by atoms with van der Waals surface area (Å²) in [4.78, 5) is 47.4. The van der Waals surface area contributed by atoms with E-state index in [1.165, 1.54) is 20.1 Å². The second kappa shape index (κ2) is 5.78. The predicted octanol–water partition coefficient (Wildman–Crippen LogP) is 0.270. The summed E-state index contributed by atoms with van der Waals surface area (Å²) in [5, 5.41) is 4.69. The van der Waals surface area contributed by atoms with Crippen LogP contribution in [0, 0.1) is 0 Å². The summed E-state index contributed by atoms with van der Waals surface area (Å²) in [5.41, 5.74) is 5.89. The molecular formula is C16H14N4O5. The van der Waals surface area contributed by atoms with E-state index in [1.54, 1.807) is 12.1 Å². The maximum atomic E-state index is 12.5. The number of nitrogen functional groups attached to an aromatic ring is 1. The molecule has 0 atom stereocenters. The normalized spacial score (nSPS) is 12.6. The van der Waals surface area contributed by atoms with Gasteiger partial charge in [0.25, 0.3) is 17.4 Å². The molecule has 1 aromatic carbocycles. The molecule has 0 saturated heterocycles. The second-order valence-corrected chi connectivity index (χ2v) is 5.34. The SMILES string of the molecule is COc1ccc(NC(C)=O)cc1-n1c(N)c2c(cc1=O)C(=O)NC2=O. The number of methoxy groups -OCH3 is 1. The third-order valence-electron chi connectivity index (χ3n) is 3.69. The van der Waals surface area contributed by atoms with Gasteiger partial charge in [-0.2, -0.15) is 0 Å². The fourth-order valence-corrected chi connectivity index (χ4v) is 2.67. The van der Waals surface area contributed by atoms with E-state index in [0.717, 1.165) is 10.6 Å². The van der Waals surface area contributed by atoms with Crippen LogP contribution in [0.2, 0.25) is 0 Å². The molecule has 0 fully saturated rings. The van der Waals surface area contributed by atoms with Crippen molar-refractivity contribution in [3.05, 3.63) is 45.7 Å². The van der Waals surface area contributed by atoms with Crippen LogP contribution in [-0.2, 0) is 4.79 Å². The maximum Gasteiger partial charge on any atom is 0.262 e. The highest BCUT2D eigenvalue weighted by molar-refractivity contribution is 6.23. The summed E-state index contributed by atoms with van der Waals surface area (Å²) in [6, 6.07) is 5.66. The van der Waals surface area contributed by atoms with E-state index in [-0.39, 0.29) is 28.5 Å². The fraction of sp³-hybridized carbons (Fsp3) is 0.125. The molecule has 4 N–H and O–H groups in total. The van der Waals surface area contributed by atoms with Gasteiger partial charge in [0.15, 0.2) is 0 Å². The van der Waals surface area contributed by atoms with Crippen molar-refractivity contribution >= 4 is 29.2 Å². The van der Waals surface area contributed by atoms with E-state index in [0.29, 0.717) is 11.4 Å². The molecule has 0 aliphatic carbocycles. The molecule has 0 bridgehead atoms. The van der Waals surface area contributed by atoms with Crippen LogP contribution in [0.15, 0.2) is 29.1 Å². The van der Waals surface area contributed by atoms with Crippen molar-refractivity contribution in [1.29, 1.82) is 0 Å². The maximum absolute atomic E-state index is 12.5. The Morgan fingerprint density at radius 3 is 2.56 bits per heavy atom. The zero-order valence-electron chi connectivity index (χ0n) is 13.4. The number of nitrogens with two attached hydrogens (primary N) is 1. The number of pyridine rings is 1. The first kappa shape index (κ1) is 16.2. The number of nitrogens with zero attached hydrogens (tertiary/aromatic N) is 1. The highest BCUT2D eigenvalue weighted by atomic mass is 16.5. The number of carbonyl (C=O) groups is 3. The van der Waals surface area contributed by atoms with Crippen LogP contribution in [0.25, 0.3) is 5.69 Å². The zero-order chi connectivity index (χ0) is 18.3. The Morgan fingerprint density at radius 2 is 1.92 bits per heavy atom. The van der Waals surface area contributed by atoms with Crippen LogP contribution >= 0.6 is 0 Å². The van der Waals surface area contributed by atoms with Crippen molar-refractivity contribution in [2.75, 3.05) is 18.2 Å². The Bertz CT molecular complexity index is 993. The largest absolute Gasteiger partial charge is 0.495 e. The van der Waals surface area contributed by atoms with E-state index < -0.39 is 17.4 Å². The van der Waals surface area contributed by atoms with Crippen molar-refractivity contribution in [1.82, 2.24) is 9.88 Å². The number of anilines is 2. The van der Waals surface area contributed by atoms with Crippen LogP contribution in [0.3, 0.4) is 0 Å². The van der Waals surface area contributed by atoms with Gasteiger partial charge in [0.1, 0.15) is 11.6 Å². The number of rotatable bonds is 3. The Hall–Kier alpha value is -3.62. The smallest absolute Gasteiger partial charge is 0.262 e. The lowest BCUT2D eigenvalue weighted by Crippen LogP contribution is -2.24. The van der Waals surface area contributed by atoms with Crippen molar-refractivity contribution < 1.29 is 19.1 Å². The molecule has 1 aromatic heterocycles. The molecule has 9 nitrogen and oxygen atoms in total. The van der Waals surface area contributed by atoms with Crippen LogP contribution < -0.4 is 26.7 Å². The van der Waals surface area contributed by atoms with Gasteiger partial charge in [-0.25, -0.2) is 0 Å². The lowest BCUT2D eigenvalue weighted by atomic mass is 10.1. The molecule has 3 rings (SSSR count). The van der Waals surface area contributed by atoms with E-state index in [2.05, 4.69) is 10.6 Å². The molecule has 0 spiro atoms. The highest BCUT2D eigenvalue weighted by Gasteiger charge is 2.32. The van der Waals surface area contributed by atoms with Gasteiger partial charge in [-0.15, -0.1) is 0 Å². The van der Waals surface area contributed by atoms with Gasteiger partial charge in [-0.1, -0.05) is 0 Å². The Labute approximate surface area is 141 Å². The van der Waals surface area contributed by atoms with Gasteiger partial charge >= 0.3 is 0 Å². The number of hydrogen-bond donors (Lipinski definition) is 3. The first-order chi connectivity index (χ1) is 11.8. The van der Waals surface area contributed by atoms with Crippen molar-refractivity contribution in [3.63, 3.8) is 0 Å². The molecule has 0 radical (unpaired) electrons. The van der Waals surface area contributed by atoms with Crippen LogP contribution in [0.1, 0.15) is 27.6 Å². The minimum Gasteiger partial charge on any atom is -0.495 e. The first-order valence-corrected chi connectivity index (χ1v) is 7.20. The molecule has 3 amide bonds. The summed E-state index contributed by atoms with van der Waals surface area (Å²) in [6.45, 7) is 1.34. The van der Waals surface area contributed by atoms with Gasteiger partial charge < -0.3 is 15.8 Å². The molecule has 0 saturated carbocycles. The molecular weight excluding hydrogens is 328 g/mol. The number of fused-ring (bicyclic) bond motifs is 1. The van der Waals surface area contributed by atoms with Crippen molar-refractivity contribution in [2.45, 2.75) is 6.92 Å². The van der Waals surface area contributed by atoms with E-state index in [1.807, 2.05) is 0 Å².